The first-order valence-corrected chi connectivity index (χ1v) is 7.15. The summed E-state index contributed by atoms with van der Waals surface area (Å²) >= 11 is 0. The Kier molecular flexibility index (Phi) is 4.89. The molecule has 2 heterocycles. The van der Waals surface area contributed by atoms with Crippen LogP contribution < -0.4 is 5.32 Å². The maximum absolute atomic E-state index is 12.5. The molecule has 0 spiro atoms. The molecular formula is C14H22N4O2. The molecule has 2 unspecified atom stereocenters. The monoisotopic (exact) mass is 278 g/mol. The molecule has 0 radical (unpaired) electrons. The molecule has 2 rings (SSSR count). The average molecular weight is 278 g/mol. The summed E-state index contributed by atoms with van der Waals surface area (Å²) < 4.78 is 5.61. The second-order valence-electron chi connectivity index (χ2n) is 5.00. The fourth-order valence-electron chi connectivity index (χ4n) is 2.30. The molecule has 0 bridgehead atoms. The first-order valence-electron chi connectivity index (χ1n) is 7.15. The molecule has 0 saturated carbocycles. The predicted molar refractivity (Wildman–Crippen MR) is 76.7 cm³/mol. The van der Waals surface area contributed by atoms with E-state index in [2.05, 4.69) is 22.4 Å². The standard InChI is InChI=1S/C14H22N4O2/c1-4-11-9-20-10(3)8-18(11)14(19)12-6-7-13(15-5-2)17-16-12/h6-7,10-11H,4-5,8-9H2,1-3H3,(H,15,17). The summed E-state index contributed by atoms with van der Waals surface area (Å²) in [5, 5.41) is 11.1. The molecule has 20 heavy (non-hydrogen) atoms. The second-order valence-corrected chi connectivity index (χ2v) is 5.00. The van der Waals surface area contributed by atoms with Crippen molar-refractivity contribution < 1.29 is 9.53 Å². The van der Waals surface area contributed by atoms with Crippen LogP contribution in [0.5, 0.6) is 0 Å². The van der Waals surface area contributed by atoms with Crippen molar-refractivity contribution in [1.29, 1.82) is 0 Å². The number of hydrogen-bond donors (Lipinski definition) is 1. The first kappa shape index (κ1) is 14.7. The fraction of sp³-hybridized carbons (Fsp3) is 0.643. The lowest BCUT2D eigenvalue weighted by atomic mass is 10.1. The highest BCUT2D eigenvalue weighted by Gasteiger charge is 2.30. The normalized spacial score (nSPS) is 22.6. The zero-order valence-electron chi connectivity index (χ0n) is 12.3. The lowest BCUT2D eigenvalue weighted by Crippen LogP contribution is -2.51. The van der Waals surface area contributed by atoms with Crippen LogP contribution in [0.3, 0.4) is 0 Å². The summed E-state index contributed by atoms with van der Waals surface area (Å²) in [7, 11) is 0. The molecule has 0 aromatic carbocycles. The van der Waals surface area contributed by atoms with Crippen LogP contribution in [0, 0.1) is 0 Å². The lowest BCUT2D eigenvalue weighted by molar-refractivity contribution is -0.0446. The summed E-state index contributed by atoms with van der Waals surface area (Å²) in [6, 6.07) is 3.63. The third-order valence-corrected chi connectivity index (χ3v) is 3.44. The minimum atomic E-state index is -0.0671. The number of hydrogen-bond acceptors (Lipinski definition) is 5. The van der Waals surface area contributed by atoms with Gasteiger partial charge in [-0.2, -0.15) is 0 Å². The number of ether oxygens (including phenoxy) is 1. The number of nitrogens with zero attached hydrogens (tertiary/aromatic N) is 3. The zero-order valence-corrected chi connectivity index (χ0v) is 12.3. The molecule has 1 saturated heterocycles. The molecule has 0 aliphatic carbocycles. The molecule has 6 nitrogen and oxygen atoms in total. The number of morpholine rings is 1. The molecule has 110 valence electrons. The van der Waals surface area contributed by atoms with Crippen molar-refractivity contribution in [3.63, 3.8) is 0 Å². The molecule has 1 aromatic rings. The van der Waals surface area contributed by atoms with E-state index < -0.39 is 0 Å². The van der Waals surface area contributed by atoms with Crippen LogP contribution in [-0.2, 0) is 4.74 Å². The molecule has 1 aliphatic heterocycles. The third-order valence-electron chi connectivity index (χ3n) is 3.44. The summed E-state index contributed by atoms with van der Waals surface area (Å²) in [6.07, 6.45) is 0.942. The van der Waals surface area contributed by atoms with Gasteiger partial charge in [0.2, 0.25) is 0 Å². The van der Waals surface area contributed by atoms with Crippen LogP contribution in [0.25, 0.3) is 0 Å². The Morgan fingerprint density at radius 1 is 1.45 bits per heavy atom. The topological polar surface area (TPSA) is 67.4 Å². The Bertz CT molecular complexity index is 449. The summed E-state index contributed by atoms with van der Waals surface area (Å²) in [4.78, 5) is 14.4. The van der Waals surface area contributed by atoms with Crippen molar-refractivity contribution in [3.8, 4) is 0 Å². The van der Waals surface area contributed by atoms with Crippen molar-refractivity contribution in [2.24, 2.45) is 0 Å². The van der Waals surface area contributed by atoms with E-state index in [1.54, 1.807) is 12.1 Å². The van der Waals surface area contributed by atoms with Crippen molar-refractivity contribution in [1.82, 2.24) is 15.1 Å². The molecule has 1 aliphatic rings. The lowest BCUT2D eigenvalue weighted by Gasteiger charge is -2.38. The van der Waals surface area contributed by atoms with E-state index in [4.69, 9.17) is 4.74 Å². The Balaban J connectivity index is 2.12. The van der Waals surface area contributed by atoms with E-state index in [-0.39, 0.29) is 18.1 Å². The number of carbonyl (C=O) groups excluding carboxylic acids is 1. The van der Waals surface area contributed by atoms with Gasteiger partial charge < -0.3 is 15.0 Å². The predicted octanol–water partition coefficient (Wildman–Crippen LogP) is 1.55. The fourth-order valence-corrected chi connectivity index (χ4v) is 2.30. The highest BCUT2D eigenvalue weighted by molar-refractivity contribution is 5.92. The highest BCUT2D eigenvalue weighted by atomic mass is 16.5. The van der Waals surface area contributed by atoms with Crippen LogP contribution in [0.15, 0.2) is 12.1 Å². The summed E-state index contributed by atoms with van der Waals surface area (Å²) in [6.45, 7) is 8.00. The van der Waals surface area contributed by atoms with Gasteiger partial charge in [0.1, 0.15) is 5.82 Å². The van der Waals surface area contributed by atoms with Crippen molar-refractivity contribution in [2.45, 2.75) is 39.3 Å². The number of anilines is 1. The maximum Gasteiger partial charge on any atom is 0.274 e. The van der Waals surface area contributed by atoms with Crippen LogP contribution in [0.1, 0.15) is 37.7 Å². The summed E-state index contributed by atoms with van der Waals surface area (Å²) in [5.41, 5.74) is 0.388. The molecule has 2 atom stereocenters. The number of rotatable bonds is 4. The van der Waals surface area contributed by atoms with Gasteiger partial charge in [-0.05, 0) is 32.4 Å². The van der Waals surface area contributed by atoms with Crippen LogP contribution in [0.2, 0.25) is 0 Å². The largest absolute Gasteiger partial charge is 0.375 e. The van der Waals surface area contributed by atoms with Crippen molar-refractivity contribution in [3.05, 3.63) is 17.8 Å². The quantitative estimate of drug-likeness (QED) is 0.905. The Morgan fingerprint density at radius 2 is 2.25 bits per heavy atom. The number of nitrogens with one attached hydrogen (secondary N) is 1. The van der Waals surface area contributed by atoms with Gasteiger partial charge in [0.25, 0.3) is 5.91 Å². The molecule has 1 fully saturated rings. The van der Waals surface area contributed by atoms with Crippen LogP contribution in [0.4, 0.5) is 5.82 Å². The van der Waals surface area contributed by atoms with E-state index in [1.165, 1.54) is 0 Å². The maximum atomic E-state index is 12.5. The van der Waals surface area contributed by atoms with Gasteiger partial charge >= 0.3 is 0 Å². The third kappa shape index (κ3) is 3.25. The highest BCUT2D eigenvalue weighted by Crippen LogP contribution is 2.17. The smallest absolute Gasteiger partial charge is 0.274 e. The zero-order chi connectivity index (χ0) is 14.5. The molecule has 1 amide bonds. The van der Waals surface area contributed by atoms with Gasteiger partial charge in [0.15, 0.2) is 5.69 Å². The van der Waals surface area contributed by atoms with Gasteiger partial charge in [-0.1, -0.05) is 6.92 Å². The van der Waals surface area contributed by atoms with Gasteiger partial charge in [0, 0.05) is 13.1 Å². The van der Waals surface area contributed by atoms with E-state index >= 15 is 0 Å². The summed E-state index contributed by atoms with van der Waals surface area (Å²) in [5.74, 6) is 0.619. The molecule has 1 aromatic heterocycles. The minimum absolute atomic E-state index is 0.0655. The number of aromatic nitrogens is 2. The van der Waals surface area contributed by atoms with Crippen molar-refractivity contribution in [2.75, 3.05) is 25.0 Å². The second kappa shape index (κ2) is 6.65. The van der Waals surface area contributed by atoms with Gasteiger partial charge in [-0.25, -0.2) is 0 Å². The van der Waals surface area contributed by atoms with Crippen LogP contribution in [-0.4, -0.2) is 52.8 Å². The van der Waals surface area contributed by atoms with E-state index in [0.29, 0.717) is 24.7 Å². The van der Waals surface area contributed by atoms with Gasteiger partial charge in [0.05, 0.1) is 18.8 Å². The molecule has 1 N–H and O–H groups in total. The Labute approximate surface area is 119 Å². The number of amides is 1. The van der Waals surface area contributed by atoms with E-state index in [1.807, 2.05) is 18.7 Å². The van der Waals surface area contributed by atoms with E-state index in [0.717, 1.165) is 13.0 Å². The van der Waals surface area contributed by atoms with E-state index in [9.17, 15) is 4.79 Å². The van der Waals surface area contributed by atoms with Crippen molar-refractivity contribution >= 4 is 11.7 Å². The number of carbonyl (C=O) groups is 1. The Morgan fingerprint density at radius 3 is 2.85 bits per heavy atom. The Hall–Kier alpha value is -1.69. The van der Waals surface area contributed by atoms with Gasteiger partial charge in [-0.3, -0.25) is 4.79 Å². The van der Waals surface area contributed by atoms with Gasteiger partial charge in [-0.15, -0.1) is 10.2 Å². The van der Waals surface area contributed by atoms with Crippen LogP contribution >= 0.6 is 0 Å². The SMILES string of the molecule is CCNc1ccc(C(=O)N2CC(C)OCC2CC)nn1. The average Bonchev–Trinajstić information content (AvgIpc) is 2.47. The molecular weight excluding hydrogens is 256 g/mol. The molecule has 6 heteroatoms. The first-order chi connectivity index (χ1) is 9.65. The minimum Gasteiger partial charge on any atom is -0.375 e.